The smallest absolute Gasteiger partial charge is 0.158 e. The van der Waals surface area contributed by atoms with Gasteiger partial charge in [-0.05, 0) is 60.9 Å². The molecule has 2 aromatic heterocycles. The molecule has 206 valence electrons. The Labute approximate surface area is 232 Å². The van der Waals surface area contributed by atoms with Crippen LogP contribution in [0.15, 0.2) is 54.7 Å². The van der Waals surface area contributed by atoms with E-state index in [9.17, 15) is 15.5 Å². The van der Waals surface area contributed by atoms with Crippen LogP contribution in [0, 0.1) is 11.3 Å². The van der Waals surface area contributed by atoms with Gasteiger partial charge in [-0.15, -0.1) is 0 Å². The van der Waals surface area contributed by atoms with Crippen molar-refractivity contribution < 1.29 is 19.7 Å². The summed E-state index contributed by atoms with van der Waals surface area (Å²) in [6.07, 6.45) is 2.25. The van der Waals surface area contributed by atoms with Crippen molar-refractivity contribution >= 4 is 16.9 Å². The number of nitriles is 1. The fraction of sp³-hybridized carbons (Fsp3) is 0.367. The van der Waals surface area contributed by atoms with Crippen molar-refractivity contribution in [2.75, 3.05) is 50.9 Å². The number of anilines is 1. The zero-order valence-electron chi connectivity index (χ0n) is 22.2. The number of imidazole rings is 1. The summed E-state index contributed by atoms with van der Waals surface area (Å²) in [7, 11) is 0. The van der Waals surface area contributed by atoms with E-state index >= 15 is 0 Å². The van der Waals surface area contributed by atoms with E-state index in [0.717, 1.165) is 54.3 Å². The molecule has 0 aliphatic carbocycles. The highest BCUT2D eigenvalue weighted by molar-refractivity contribution is 5.91. The van der Waals surface area contributed by atoms with Crippen LogP contribution in [0.4, 0.5) is 5.69 Å². The molecule has 0 amide bonds. The van der Waals surface area contributed by atoms with Gasteiger partial charge < -0.3 is 29.6 Å². The first kappa shape index (κ1) is 26.2. The van der Waals surface area contributed by atoms with E-state index in [1.54, 1.807) is 6.20 Å². The Balaban J connectivity index is 1.22. The number of aromatic nitrogens is 3. The van der Waals surface area contributed by atoms with Crippen LogP contribution in [0.1, 0.15) is 18.4 Å². The Bertz CT molecular complexity index is 1500. The minimum absolute atomic E-state index is 0.0590. The summed E-state index contributed by atoms with van der Waals surface area (Å²) < 4.78 is 11.7. The third-order valence-electron chi connectivity index (χ3n) is 7.67. The van der Waals surface area contributed by atoms with E-state index in [1.165, 1.54) is 5.69 Å². The lowest BCUT2D eigenvalue weighted by Gasteiger charge is -2.34. The molecular formula is C30H32N6O4. The van der Waals surface area contributed by atoms with Gasteiger partial charge in [0.05, 0.1) is 25.4 Å². The van der Waals surface area contributed by atoms with Gasteiger partial charge in [0.15, 0.2) is 5.65 Å². The Hall–Kier alpha value is -4.01. The monoisotopic (exact) mass is 540 g/mol. The van der Waals surface area contributed by atoms with Crippen LogP contribution in [-0.2, 0) is 4.74 Å². The minimum Gasteiger partial charge on any atom is -0.489 e. The second kappa shape index (κ2) is 11.6. The zero-order valence-corrected chi connectivity index (χ0v) is 22.2. The number of fused-ring (bicyclic) bond motifs is 1. The van der Waals surface area contributed by atoms with Crippen LogP contribution in [0.5, 0.6) is 5.75 Å². The Kier molecular flexibility index (Phi) is 7.62. The van der Waals surface area contributed by atoms with Crippen LogP contribution < -0.4 is 9.64 Å². The van der Waals surface area contributed by atoms with Gasteiger partial charge in [-0.3, -0.25) is 4.90 Å². The van der Waals surface area contributed by atoms with E-state index in [-0.39, 0.29) is 12.7 Å². The SMILES string of the molecule is N#Cc1cc(-c2ccnc3[nH]c(-c4ccc(N5CCOCC5)cc4)nc23)ccc1OC1CCN(C(O)CO)CC1. The largest absolute Gasteiger partial charge is 0.489 e. The maximum Gasteiger partial charge on any atom is 0.158 e. The summed E-state index contributed by atoms with van der Waals surface area (Å²) >= 11 is 0. The minimum atomic E-state index is -0.843. The average Bonchev–Trinajstić information content (AvgIpc) is 3.46. The molecule has 10 nitrogen and oxygen atoms in total. The normalized spacial score (nSPS) is 17.6. The number of hydrogen-bond donors (Lipinski definition) is 3. The first-order valence-electron chi connectivity index (χ1n) is 13.6. The third kappa shape index (κ3) is 5.37. The molecule has 1 atom stereocenters. The maximum atomic E-state index is 9.91. The number of benzene rings is 2. The van der Waals surface area contributed by atoms with Crippen molar-refractivity contribution in [1.29, 1.82) is 5.26 Å². The van der Waals surface area contributed by atoms with Crippen LogP contribution in [0.25, 0.3) is 33.7 Å². The van der Waals surface area contributed by atoms with E-state index in [1.807, 2.05) is 29.2 Å². The number of hydrogen-bond acceptors (Lipinski definition) is 9. The van der Waals surface area contributed by atoms with Crippen LogP contribution in [0.3, 0.4) is 0 Å². The molecule has 4 aromatic rings. The summed E-state index contributed by atoms with van der Waals surface area (Å²) in [5.74, 6) is 1.28. The molecule has 2 aliphatic heterocycles. The van der Waals surface area contributed by atoms with Crippen molar-refractivity contribution in [2.45, 2.75) is 25.2 Å². The van der Waals surface area contributed by atoms with Crippen molar-refractivity contribution in [3.05, 3.63) is 60.3 Å². The molecule has 2 saturated heterocycles. The number of aromatic amines is 1. The molecule has 0 spiro atoms. The number of nitrogens with one attached hydrogen (secondary N) is 1. The number of piperidine rings is 1. The number of pyridine rings is 1. The second-order valence-electron chi connectivity index (χ2n) is 10.1. The maximum absolute atomic E-state index is 9.91. The molecule has 2 aromatic carbocycles. The fourth-order valence-corrected chi connectivity index (χ4v) is 5.41. The summed E-state index contributed by atoms with van der Waals surface area (Å²) in [4.78, 5) is 16.9. The fourth-order valence-electron chi connectivity index (χ4n) is 5.41. The number of likely N-dealkylation sites (tertiary alicyclic amines) is 1. The summed E-state index contributed by atoms with van der Waals surface area (Å²) in [6.45, 7) is 4.23. The summed E-state index contributed by atoms with van der Waals surface area (Å²) in [5.41, 5.74) is 5.75. The van der Waals surface area contributed by atoms with Crippen molar-refractivity contribution in [1.82, 2.24) is 19.9 Å². The quantitative estimate of drug-likeness (QED) is 0.324. The first-order valence-corrected chi connectivity index (χ1v) is 13.6. The number of aliphatic hydroxyl groups excluding tert-OH is 2. The van der Waals surface area contributed by atoms with Gasteiger partial charge in [0.2, 0.25) is 0 Å². The molecule has 40 heavy (non-hydrogen) atoms. The molecule has 6 rings (SSSR count). The molecule has 10 heteroatoms. The topological polar surface area (TPSA) is 131 Å². The van der Waals surface area contributed by atoms with E-state index in [4.69, 9.17) is 14.5 Å². The van der Waals surface area contributed by atoms with Crippen LogP contribution >= 0.6 is 0 Å². The molecule has 0 saturated carbocycles. The molecule has 0 bridgehead atoms. The van der Waals surface area contributed by atoms with E-state index < -0.39 is 6.23 Å². The lowest BCUT2D eigenvalue weighted by atomic mass is 10.0. The molecule has 1 unspecified atom stereocenters. The van der Waals surface area contributed by atoms with Crippen LogP contribution in [0.2, 0.25) is 0 Å². The number of aliphatic hydroxyl groups is 2. The number of nitrogens with zero attached hydrogens (tertiary/aromatic N) is 5. The second-order valence-corrected chi connectivity index (χ2v) is 10.1. The van der Waals surface area contributed by atoms with Crippen molar-refractivity contribution in [2.24, 2.45) is 0 Å². The summed E-state index contributed by atoms with van der Waals surface area (Å²) in [5, 5.41) is 28.9. The Morgan fingerprint density at radius 3 is 2.52 bits per heavy atom. The Morgan fingerprint density at radius 2 is 1.80 bits per heavy atom. The number of H-pyrrole nitrogens is 1. The molecule has 2 fully saturated rings. The van der Waals surface area contributed by atoms with Crippen molar-refractivity contribution in [3.63, 3.8) is 0 Å². The number of ether oxygens (including phenoxy) is 2. The highest BCUT2D eigenvalue weighted by Crippen LogP contribution is 2.33. The Morgan fingerprint density at radius 1 is 1.05 bits per heavy atom. The van der Waals surface area contributed by atoms with Gasteiger partial charge >= 0.3 is 0 Å². The van der Waals surface area contributed by atoms with Gasteiger partial charge in [-0.1, -0.05) is 6.07 Å². The van der Waals surface area contributed by atoms with E-state index in [2.05, 4.69) is 45.2 Å². The zero-order chi connectivity index (χ0) is 27.5. The van der Waals surface area contributed by atoms with E-state index in [0.29, 0.717) is 42.9 Å². The van der Waals surface area contributed by atoms with Gasteiger partial charge in [-0.2, -0.15) is 5.26 Å². The highest BCUT2D eigenvalue weighted by Gasteiger charge is 2.25. The molecule has 3 N–H and O–H groups in total. The standard InChI is InChI=1S/C30H32N6O4/c31-18-22-17-21(3-6-26(22)40-24-8-11-36(12-9-24)27(38)19-37)25-7-10-32-30-28(25)33-29(34-30)20-1-4-23(5-2-20)35-13-15-39-16-14-35/h1-7,10,17,24,27,37-38H,8-9,11-16,19H2,(H,32,33,34). The predicted octanol–water partition coefficient (Wildman–Crippen LogP) is 3.15. The lowest BCUT2D eigenvalue weighted by molar-refractivity contribution is -0.0567. The molecular weight excluding hydrogens is 508 g/mol. The number of rotatable bonds is 7. The average molecular weight is 541 g/mol. The molecule has 0 radical (unpaired) electrons. The van der Waals surface area contributed by atoms with Gasteiger partial charge in [0.25, 0.3) is 0 Å². The van der Waals surface area contributed by atoms with Gasteiger partial charge in [-0.25, -0.2) is 9.97 Å². The lowest BCUT2D eigenvalue weighted by Crippen LogP contribution is -2.45. The molecule has 2 aliphatic rings. The molecule has 4 heterocycles. The van der Waals surface area contributed by atoms with Gasteiger partial charge in [0, 0.05) is 49.2 Å². The number of morpholine rings is 1. The van der Waals surface area contributed by atoms with Gasteiger partial charge in [0.1, 0.15) is 35.5 Å². The predicted molar refractivity (Wildman–Crippen MR) is 151 cm³/mol. The summed E-state index contributed by atoms with van der Waals surface area (Å²) in [6, 6.07) is 18.2. The first-order chi connectivity index (χ1) is 19.6. The van der Waals surface area contributed by atoms with Crippen molar-refractivity contribution in [3.8, 4) is 34.3 Å². The highest BCUT2D eigenvalue weighted by atomic mass is 16.5. The third-order valence-corrected chi connectivity index (χ3v) is 7.67. The van der Waals surface area contributed by atoms with Crippen LogP contribution in [-0.4, -0.2) is 88.4 Å².